The van der Waals surface area contributed by atoms with E-state index in [1.165, 1.54) is 4.31 Å². The van der Waals surface area contributed by atoms with E-state index in [9.17, 15) is 13.2 Å². The van der Waals surface area contributed by atoms with Gasteiger partial charge in [-0.1, -0.05) is 18.2 Å². The normalized spacial score (nSPS) is 17.7. The molecule has 0 aromatic heterocycles. The van der Waals surface area contributed by atoms with E-state index in [4.69, 9.17) is 4.74 Å². The van der Waals surface area contributed by atoms with Crippen LogP contribution in [0.15, 0.2) is 35.2 Å². The summed E-state index contributed by atoms with van der Waals surface area (Å²) in [6, 6.07) is 8.34. The van der Waals surface area contributed by atoms with Gasteiger partial charge in [-0.2, -0.15) is 4.31 Å². The number of benzene rings is 1. The summed E-state index contributed by atoms with van der Waals surface area (Å²) in [6.45, 7) is 6.19. The maximum absolute atomic E-state index is 12.5. The number of alkyl carbamates (subject to hydrolysis) is 1. The Labute approximate surface area is 137 Å². The molecule has 1 aliphatic rings. The van der Waals surface area contributed by atoms with Gasteiger partial charge in [0.2, 0.25) is 10.0 Å². The maximum atomic E-state index is 12.5. The minimum Gasteiger partial charge on any atom is -0.444 e. The zero-order valence-corrected chi connectivity index (χ0v) is 14.6. The minimum absolute atomic E-state index is 0.0629. The van der Waals surface area contributed by atoms with E-state index < -0.39 is 21.7 Å². The molecule has 1 saturated heterocycles. The van der Waals surface area contributed by atoms with E-state index >= 15 is 0 Å². The van der Waals surface area contributed by atoms with Crippen molar-refractivity contribution in [1.29, 1.82) is 0 Å². The fourth-order valence-electron chi connectivity index (χ4n) is 2.46. The van der Waals surface area contributed by atoms with Gasteiger partial charge in [0.1, 0.15) is 5.60 Å². The lowest BCUT2D eigenvalue weighted by atomic mass is 10.1. The first-order chi connectivity index (χ1) is 10.7. The number of ether oxygens (including phenoxy) is 1. The lowest BCUT2D eigenvalue weighted by Crippen LogP contribution is -2.47. The Hall–Kier alpha value is -1.60. The van der Waals surface area contributed by atoms with E-state index in [0.29, 0.717) is 30.8 Å². The van der Waals surface area contributed by atoms with Crippen molar-refractivity contribution in [3.63, 3.8) is 0 Å². The molecule has 7 heteroatoms. The lowest BCUT2D eigenvalue weighted by Gasteiger charge is -2.32. The van der Waals surface area contributed by atoms with Crippen molar-refractivity contribution in [3.05, 3.63) is 30.3 Å². The summed E-state index contributed by atoms with van der Waals surface area (Å²) >= 11 is 0. The zero-order valence-electron chi connectivity index (χ0n) is 13.8. The predicted molar refractivity (Wildman–Crippen MR) is 87.6 cm³/mol. The van der Waals surface area contributed by atoms with Gasteiger partial charge in [-0.15, -0.1) is 0 Å². The van der Waals surface area contributed by atoms with Gasteiger partial charge in [-0.25, -0.2) is 13.2 Å². The van der Waals surface area contributed by atoms with Crippen LogP contribution in [-0.2, 0) is 14.8 Å². The van der Waals surface area contributed by atoms with Crippen molar-refractivity contribution in [2.75, 3.05) is 13.1 Å². The molecule has 0 atom stereocenters. The predicted octanol–water partition coefficient (Wildman–Crippen LogP) is 2.36. The molecule has 1 fully saturated rings. The Morgan fingerprint density at radius 2 is 1.74 bits per heavy atom. The molecule has 1 amide bonds. The quantitative estimate of drug-likeness (QED) is 0.916. The molecule has 0 unspecified atom stereocenters. The maximum Gasteiger partial charge on any atom is 0.407 e. The third-order valence-electron chi connectivity index (χ3n) is 3.56. The number of amides is 1. The third-order valence-corrected chi connectivity index (χ3v) is 5.47. The van der Waals surface area contributed by atoms with Gasteiger partial charge in [0.15, 0.2) is 0 Å². The summed E-state index contributed by atoms with van der Waals surface area (Å²) in [5.41, 5.74) is -0.540. The third kappa shape index (κ3) is 4.94. The molecule has 1 aromatic carbocycles. The summed E-state index contributed by atoms with van der Waals surface area (Å²) in [6.07, 6.45) is 0.693. The molecule has 1 N–H and O–H groups in total. The second kappa shape index (κ2) is 6.88. The van der Waals surface area contributed by atoms with Crippen LogP contribution in [0.1, 0.15) is 33.6 Å². The van der Waals surface area contributed by atoms with E-state index in [1.807, 2.05) is 20.8 Å². The number of nitrogens with zero attached hydrogens (tertiary/aromatic N) is 1. The number of rotatable bonds is 3. The van der Waals surface area contributed by atoms with Gasteiger partial charge in [-0.05, 0) is 45.7 Å². The van der Waals surface area contributed by atoms with Crippen LogP contribution in [0.2, 0.25) is 0 Å². The highest BCUT2D eigenvalue weighted by Gasteiger charge is 2.30. The van der Waals surface area contributed by atoms with Crippen LogP contribution >= 0.6 is 0 Å². The topological polar surface area (TPSA) is 75.7 Å². The lowest BCUT2D eigenvalue weighted by molar-refractivity contribution is 0.0489. The number of piperidine rings is 1. The van der Waals surface area contributed by atoms with Gasteiger partial charge >= 0.3 is 6.09 Å². The first kappa shape index (κ1) is 17.7. The second-order valence-electron chi connectivity index (χ2n) is 6.64. The smallest absolute Gasteiger partial charge is 0.407 e. The largest absolute Gasteiger partial charge is 0.444 e. The molecule has 0 spiro atoms. The monoisotopic (exact) mass is 340 g/mol. The Kier molecular flexibility index (Phi) is 5.31. The molecule has 0 saturated carbocycles. The molecule has 23 heavy (non-hydrogen) atoms. The van der Waals surface area contributed by atoms with Gasteiger partial charge in [0, 0.05) is 19.1 Å². The van der Waals surface area contributed by atoms with Crippen LogP contribution in [0.3, 0.4) is 0 Å². The standard InChI is InChI=1S/C16H24N2O4S/c1-16(2,3)22-15(19)17-13-9-11-18(12-10-13)23(20,21)14-7-5-4-6-8-14/h4-8,13H,9-12H2,1-3H3,(H,17,19). The Bertz CT molecular complexity index is 630. The number of carbonyl (C=O) groups is 1. The molecule has 0 bridgehead atoms. The highest BCUT2D eigenvalue weighted by Crippen LogP contribution is 2.20. The Balaban J connectivity index is 1.90. The summed E-state index contributed by atoms with van der Waals surface area (Å²) in [5.74, 6) is 0. The molecule has 128 valence electrons. The minimum atomic E-state index is -3.45. The van der Waals surface area contributed by atoms with Gasteiger partial charge < -0.3 is 10.1 Å². The number of hydrogen-bond donors (Lipinski definition) is 1. The number of carbonyl (C=O) groups excluding carboxylic acids is 1. The van der Waals surface area contributed by atoms with Crippen LogP contribution in [0.4, 0.5) is 4.79 Å². The first-order valence-corrected chi connectivity index (χ1v) is 9.17. The fraction of sp³-hybridized carbons (Fsp3) is 0.562. The van der Waals surface area contributed by atoms with E-state index in [1.54, 1.807) is 30.3 Å². The van der Waals surface area contributed by atoms with Crippen LogP contribution in [0, 0.1) is 0 Å². The van der Waals surface area contributed by atoms with Crippen molar-refractivity contribution >= 4 is 16.1 Å². The molecule has 1 aromatic rings. The zero-order chi connectivity index (χ0) is 17.1. The van der Waals surface area contributed by atoms with E-state index in [0.717, 1.165) is 0 Å². The van der Waals surface area contributed by atoms with Crippen molar-refractivity contribution < 1.29 is 17.9 Å². The molecule has 1 aliphatic heterocycles. The van der Waals surface area contributed by atoms with Crippen molar-refractivity contribution in [3.8, 4) is 0 Å². The number of hydrogen-bond acceptors (Lipinski definition) is 4. The van der Waals surface area contributed by atoms with E-state index in [2.05, 4.69) is 5.32 Å². The summed E-state index contributed by atoms with van der Waals surface area (Å²) in [7, 11) is -3.45. The van der Waals surface area contributed by atoms with Gasteiger partial charge in [0.05, 0.1) is 4.90 Å². The van der Waals surface area contributed by atoms with Gasteiger partial charge in [0.25, 0.3) is 0 Å². The molecular weight excluding hydrogens is 316 g/mol. The van der Waals surface area contributed by atoms with Crippen molar-refractivity contribution in [1.82, 2.24) is 9.62 Å². The molecular formula is C16H24N2O4S. The number of sulfonamides is 1. The highest BCUT2D eigenvalue weighted by molar-refractivity contribution is 7.89. The van der Waals surface area contributed by atoms with Crippen molar-refractivity contribution in [2.24, 2.45) is 0 Å². The fourth-order valence-corrected chi connectivity index (χ4v) is 3.95. The average Bonchev–Trinajstić information content (AvgIpc) is 2.46. The summed E-state index contributed by atoms with van der Waals surface area (Å²) in [5, 5.41) is 2.80. The molecule has 6 nitrogen and oxygen atoms in total. The Morgan fingerprint density at radius 3 is 2.26 bits per heavy atom. The van der Waals surface area contributed by atoms with Crippen LogP contribution in [-0.4, -0.2) is 43.5 Å². The Morgan fingerprint density at radius 1 is 1.17 bits per heavy atom. The molecule has 2 rings (SSSR count). The van der Waals surface area contributed by atoms with Crippen LogP contribution in [0.25, 0.3) is 0 Å². The second-order valence-corrected chi connectivity index (χ2v) is 8.58. The highest BCUT2D eigenvalue weighted by atomic mass is 32.2. The summed E-state index contributed by atoms with van der Waals surface area (Å²) < 4.78 is 31.7. The molecule has 1 heterocycles. The van der Waals surface area contributed by atoms with E-state index in [-0.39, 0.29) is 6.04 Å². The SMILES string of the molecule is CC(C)(C)OC(=O)NC1CCN(S(=O)(=O)c2ccccc2)CC1. The van der Waals surface area contributed by atoms with Gasteiger partial charge in [-0.3, -0.25) is 0 Å². The first-order valence-electron chi connectivity index (χ1n) is 7.73. The van der Waals surface area contributed by atoms with Crippen LogP contribution in [0.5, 0.6) is 0 Å². The molecule has 0 aliphatic carbocycles. The molecule has 0 radical (unpaired) electrons. The van der Waals surface area contributed by atoms with Crippen molar-refractivity contribution in [2.45, 2.75) is 50.2 Å². The average molecular weight is 340 g/mol. The van der Waals surface area contributed by atoms with Crippen LogP contribution < -0.4 is 5.32 Å². The number of nitrogens with one attached hydrogen (secondary N) is 1. The summed E-state index contributed by atoms with van der Waals surface area (Å²) in [4.78, 5) is 12.1.